The Morgan fingerprint density at radius 2 is 2.12 bits per heavy atom. The normalized spacial score (nSPS) is 16.1. The lowest BCUT2D eigenvalue weighted by atomic mass is 10.0. The summed E-state index contributed by atoms with van der Waals surface area (Å²) in [7, 11) is 1.74. The number of rotatable bonds is 4. The van der Waals surface area contributed by atoms with Crippen molar-refractivity contribution < 1.29 is 9.18 Å². The van der Waals surface area contributed by atoms with E-state index in [4.69, 9.17) is 11.6 Å². The number of carbonyl (C=O) groups excluding carboxylic acids is 1. The number of piperidine rings is 1. The number of halogens is 2. The Hall–Kier alpha value is -3.36. The van der Waals surface area contributed by atoms with Gasteiger partial charge < -0.3 is 5.32 Å². The van der Waals surface area contributed by atoms with Crippen molar-refractivity contribution in [1.29, 1.82) is 0 Å². The molecule has 34 heavy (non-hydrogen) atoms. The van der Waals surface area contributed by atoms with E-state index >= 15 is 4.39 Å². The van der Waals surface area contributed by atoms with Crippen LogP contribution in [0.3, 0.4) is 0 Å². The number of fused-ring (bicyclic) bond motifs is 1. The van der Waals surface area contributed by atoms with Gasteiger partial charge in [-0.05, 0) is 67.6 Å². The van der Waals surface area contributed by atoms with E-state index in [-0.39, 0.29) is 11.6 Å². The van der Waals surface area contributed by atoms with Crippen LogP contribution in [0.25, 0.3) is 22.0 Å². The van der Waals surface area contributed by atoms with E-state index < -0.39 is 11.7 Å². The Labute approximate surface area is 201 Å². The van der Waals surface area contributed by atoms with Crippen LogP contribution in [0.1, 0.15) is 28.8 Å². The number of hydrogen-bond donors (Lipinski definition) is 1. The fraction of sp³-hybridized carbons (Fsp3) is 0.280. The van der Waals surface area contributed by atoms with Crippen LogP contribution < -0.4 is 10.2 Å². The van der Waals surface area contributed by atoms with E-state index in [0.717, 1.165) is 35.7 Å². The molecule has 1 aliphatic heterocycles. The molecule has 1 N–H and O–H groups in total. The highest BCUT2D eigenvalue weighted by Crippen LogP contribution is 2.34. The van der Waals surface area contributed by atoms with Crippen LogP contribution in [0.5, 0.6) is 0 Å². The van der Waals surface area contributed by atoms with Gasteiger partial charge in [0.05, 0.1) is 17.8 Å². The number of nitrogens with zero attached hydrogens (tertiary/aromatic N) is 5. The van der Waals surface area contributed by atoms with Crippen molar-refractivity contribution in [3.63, 3.8) is 0 Å². The van der Waals surface area contributed by atoms with E-state index in [9.17, 15) is 4.79 Å². The van der Waals surface area contributed by atoms with Crippen molar-refractivity contribution >= 4 is 34.1 Å². The molecule has 0 spiro atoms. The topological polar surface area (TPSA) is 75.9 Å². The summed E-state index contributed by atoms with van der Waals surface area (Å²) >= 11 is 6.28. The Morgan fingerprint density at radius 1 is 1.26 bits per heavy atom. The molecule has 0 bridgehead atoms. The standard InChI is InChI=1S/C25H24ClFN6O/c1-15-10-18(26)11-17-7-9-29-24(23(15)17)33(19-4-3-8-28-13-19)25(34)20-6-5-16(12-21(20)27)22-14-32(2)31-30-22/h5-7,9-12,14,19,28H,3-4,8,13H2,1-2H3/t19-/m0/s1. The van der Waals surface area contributed by atoms with Gasteiger partial charge in [0.1, 0.15) is 17.3 Å². The lowest BCUT2D eigenvalue weighted by molar-refractivity contribution is 0.0968. The molecule has 1 atom stereocenters. The summed E-state index contributed by atoms with van der Waals surface area (Å²) in [4.78, 5) is 20.2. The van der Waals surface area contributed by atoms with Gasteiger partial charge >= 0.3 is 0 Å². The molecule has 4 aromatic rings. The molecule has 0 saturated carbocycles. The minimum Gasteiger partial charge on any atom is -0.315 e. The monoisotopic (exact) mass is 478 g/mol. The molecule has 1 aliphatic rings. The molecular formula is C25H24ClFN6O. The quantitative estimate of drug-likeness (QED) is 0.466. The number of pyridine rings is 1. The molecule has 174 valence electrons. The zero-order valence-electron chi connectivity index (χ0n) is 18.9. The van der Waals surface area contributed by atoms with E-state index in [0.29, 0.717) is 28.6 Å². The second-order valence-electron chi connectivity index (χ2n) is 8.60. The zero-order valence-corrected chi connectivity index (χ0v) is 19.7. The first-order valence-corrected chi connectivity index (χ1v) is 11.6. The van der Waals surface area contributed by atoms with Crippen molar-refractivity contribution in [2.75, 3.05) is 18.0 Å². The third kappa shape index (κ3) is 4.15. The van der Waals surface area contributed by atoms with Crippen LogP contribution in [0.4, 0.5) is 10.2 Å². The first kappa shape index (κ1) is 22.4. The Morgan fingerprint density at radius 3 is 2.82 bits per heavy atom. The predicted octanol–water partition coefficient (Wildman–Crippen LogP) is 4.53. The molecule has 2 aromatic heterocycles. The maximum atomic E-state index is 15.3. The molecule has 1 fully saturated rings. The molecule has 1 amide bonds. The van der Waals surface area contributed by atoms with Gasteiger partial charge in [0, 0.05) is 35.8 Å². The van der Waals surface area contributed by atoms with Crippen molar-refractivity contribution in [3.8, 4) is 11.3 Å². The molecule has 2 aromatic carbocycles. The van der Waals surface area contributed by atoms with Gasteiger partial charge in [-0.3, -0.25) is 14.4 Å². The summed E-state index contributed by atoms with van der Waals surface area (Å²) in [6, 6.07) is 9.96. The van der Waals surface area contributed by atoms with Crippen molar-refractivity contribution in [2.24, 2.45) is 7.05 Å². The van der Waals surface area contributed by atoms with Crippen molar-refractivity contribution in [2.45, 2.75) is 25.8 Å². The van der Waals surface area contributed by atoms with Crippen LogP contribution in [0, 0.1) is 12.7 Å². The van der Waals surface area contributed by atoms with Crippen LogP contribution in [-0.4, -0.2) is 45.0 Å². The second-order valence-corrected chi connectivity index (χ2v) is 9.04. The van der Waals surface area contributed by atoms with E-state index in [2.05, 4.69) is 20.6 Å². The molecule has 7 nitrogen and oxygen atoms in total. The summed E-state index contributed by atoms with van der Waals surface area (Å²) in [5, 5.41) is 13.6. The minimum absolute atomic E-state index is 0.0105. The Bertz CT molecular complexity index is 1380. The van der Waals surface area contributed by atoms with Crippen molar-refractivity contribution in [3.05, 3.63) is 70.8 Å². The highest BCUT2D eigenvalue weighted by Gasteiger charge is 2.32. The van der Waals surface area contributed by atoms with Gasteiger partial charge in [0.15, 0.2) is 0 Å². The number of aryl methyl sites for hydroxylation is 2. The number of nitrogens with one attached hydrogen (secondary N) is 1. The zero-order chi connectivity index (χ0) is 23.8. The van der Waals surface area contributed by atoms with Gasteiger partial charge in [-0.1, -0.05) is 22.9 Å². The minimum atomic E-state index is -0.609. The number of anilines is 1. The average molecular weight is 479 g/mol. The lowest BCUT2D eigenvalue weighted by Crippen LogP contribution is -2.49. The molecule has 1 saturated heterocycles. The average Bonchev–Trinajstić information content (AvgIpc) is 3.26. The molecule has 3 heterocycles. The van der Waals surface area contributed by atoms with Crippen LogP contribution in [-0.2, 0) is 7.05 Å². The molecule has 0 aliphatic carbocycles. The van der Waals surface area contributed by atoms with Gasteiger partial charge in [0.2, 0.25) is 0 Å². The third-order valence-electron chi connectivity index (χ3n) is 6.19. The number of hydrogen-bond acceptors (Lipinski definition) is 5. The second kappa shape index (κ2) is 9.12. The lowest BCUT2D eigenvalue weighted by Gasteiger charge is -2.35. The molecule has 0 unspecified atom stereocenters. The van der Waals surface area contributed by atoms with Gasteiger partial charge in [-0.25, -0.2) is 9.37 Å². The molecule has 0 radical (unpaired) electrons. The SMILES string of the molecule is Cc1cc(Cl)cc2ccnc(N(C(=O)c3ccc(-c4cn(C)nn4)cc3F)[C@H]3CCCNC3)c12. The van der Waals surface area contributed by atoms with E-state index in [1.54, 1.807) is 35.1 Å². The van der Waals surface area contributed by atoms with Gasteiger partial charge in [0.25, 0.3) is 5.91 Å². The van der Waals surface area contributed by atoms with E-state index in [1.807, 2.05) is 25.1 Å². The fourth-order valence-electron chi connectivity index (χ4n) is 4.59. The van der Waals surface area contributed by atoms with Crippen molar-refractivity contribution in [1.82, 2.24) is 25.3 Å². The predicted molar refractivity (Wildman–Crippen MR) is 131 cm³/mol. The largest absolute Gasteiger partial charge is 0.315 e. The highest BCUT2D eigenvalue weighted by atomic mass is 35.5. The number of aromatic nitrogens is 4. The van der Waals surface area contributed by atoms with Crippen LogP contribution in [0.2, 0.25) is 5.02 Å². The molecule has 5 rings (SSSR count). The first-order valence-electron chi connectivity index (χ1n) is 11.2. The third-order valence-corrected chi connectivity index (χ3v) is 6.40. The van der Waals surface area contributed by atoms with Gasteiger partial charge in [-0.2, -0.15) is 0 Å². The van der Waals surface area contributed by atoms with Crippen LogP contribution in [0.15, 0.2) is 48.8 Å². The summed E-state index contributed by atoms with van der Waals surface area (Å²) < 4.78 is 16.9. The maximum absolute atomic E-state index is 15.3. The fourth-order valence-corrected chi connectivity index (χ4v) is 4.87. The summed E-state index contributed by atoms with van der Waals surface area (Å²) in [5.74, 6) is -0.518. The smallest absolute Gasteiger partial charge is 0.262 e. The maximum Gasteiger partial charge on any atom is 0.262 e. The first-order chi connectivity index (χ1) is 16.4. The number of carbonyl (C=O) groups is 1. The summed E-state index contributed by atoms with van der Waals surface area (Å²) in [6.07, 6.45) is 5.07. The number of benzene rings is 2. The summed E-state index contributed by atoms with van der Waals surface area (Å²) in [5.41, 5.74) is 1.99. The van der Waals surface area contributed by atoms with Crippen LogP contribution >= 0.6 is 11.6 Å². The Balaban J connectivity index is 1.61. The Kier molecular flexibility index (Phi) is 6.02. The number of amides is 1. The highest BCUT2D eigenvalue weighted by molar-refractivity contribution is 6.31. The van der Waals surface area contributed by atoms with Gasteiger partial charge in [-0.15, -0.1) is 5.10 Å². The molecule has 9 heteroatoms. The van der Waals surface area contributed by atoms with E-state index in [1.165, 1.54) is 12.1 Å². The summed E-state index contributed by atoms with van der Waals surface area (Å²) in [6.45, 7) is 3.44. The molecular weight excluding hydrogens is 455 g/mol.